The van der Waals surface area contributed by atoms with E-state index in [1.54, 1.807) is 35.2 Å². The van der Waals surface area contributed by atoms with Crippen molar-refractivity contribution in [3.05, 3.63) is 95.1 Å². The third-order valence-corrected chi connectivity index (χ3v) is 6.42. The van der Waals surface area contributed by atoms with Crippen molar-refractivity contribution in [2.45, 2.75) is 0 Å². The number of carbonyl (C=O) groups is 2. The van der Waals surface area contributed by atoms with Gasteiger partial charge < -0.3 is 9.52 Å². The minimum absolute atomic E-state index is 0.194. The van der Waals surface area contributed by atoms with Crippen LogP contribution in [0.4, 0.5) is 5.69 Å². The molecule has 4 aromatic rings. The highest BCUT2D eigenvalue weighted by molar-refractivity contribution is 8.27. The van der Waals surface area contributed by atoms with Gasteiger partial charge in [-0.05, 0) is 35.7 Å². The number of hydrogen-bond donors (Lipinski definition) is 1. The molecule has 5 rings (SSSR count). The predicted molar refractivity (Wildman–Crippen MR) is 131 cm³/mol. The maximum atomic E-state index is 13.2. The standard InChI is InChI=1S/C25H15NO4S2/c27-23-22(14-18-12-13-21(30-18)16-8-10-17(11-9-16)24(28)29)32-25(31)26(23)20-7-3-5-15-4-1-2-6-19(15)20/h1-14H,(H,28,29)/b22-14-. The van der Waals surface area contributed by atoms with Gasteiger partial charge in [0.1, 0.15) is 11.5 Å². The molecule has 1 fully saturated rings. The Labute approximate surface area is 193 Å². The monoisotopic (exact) mass is 457 g/mol. The zero-order chi connectivity index (χ0) is 22.2. The third kappa shape index (κ3) is 3.62. The first-order valence-corrected chi connectivity index (χ1v) is 10.9. The summed E-state index contributed by atoms with van der Waals surface area (Å²) in [6.07, 6.45) is 1.68. The van der Waals surface area contributed by atoms with Crippen LogP contribution >= 0.6 is 24.0 Å². The van der Waals surface area contributed by atoms with Crippen LogP contribution in [0.15, 0.2) is 88.2 Å². The van der Waals surface area contributed by atoms with Crippen LogP contribution in [0.25, 0.3) is 28.2 Å². The maximum absolute atomic E-state index is 13.2. The second kappa shape index (κ2) is 8.11. The molecule has 156 valence electrons. The van der Waals surface area contributed by atoms with E-state index >= 15 is 0 Å². The SMILES string of the molecule is O=C(O)c1ccc(-c2ccc(/C=C3\SC(=S)N(c4cccc5ccccc45)C3=O)o2)cc1. The molecule has 1 aliphatic heterocycles. The van der Waals surface area contributed by atoms with E-state index in [1.165, 1.54) is 23.9 Å². The average Bonchev–Trinajstić information content (AvgIpc) is 3.38. The summed E-state index contributed by atoms with van der Waals surface area (Å²) >= 11 is 6.75. The number of anilines is 1. The van der Waals surface area contributed by atoms with Crippen molar-refractivity contribution in [3.8, 4) is 11.3 Å². The quantitative estimate of drug-likeness (QED) is 0.290. The third-order valence-electron chi connectivity index (χ3n) is 5.12. The fraction of sp³-hybridized carbons (Fsp3) is 0. The Morgan fingerprint density at radius 1 is 0.969 bits per heavy atom. The largest absolute Gasteiger partial charge is 0.478 e. The van der Waals surface area contributed by atoms with Crippen LogP contribution < -0.4 is 4.90 Å². The topological polar surface area (TPSA) is 70.8 Å². The van der Waals surface area contributed by atoms with Crippen LogP contribution in [0.3, 0.4) is 0 Å². The number of rotatable bonds is 4. The lowest BCUT2D eigenvalue weighted by molar-refractivity contribution is -0.113. The predicted octanol–water partition coefficient (Wildman–Crippen LogP) is 6.20. The molecule has 0 atom stereocenters. The molecule has 7 heteroatoms. The van der Waals surface area contributed by atoms with Gasteiger partial charge >= 0.3 is 5.97 Å². The van der Waals surface area contributed by atoms with Crippen molar-refractivity contribution in [3.63, 3.8) is 0 Å². The Hall–Kier alpha value is -3.68. The molecule has 0 saturated carbocycles. The number of carbonyl (C=O) groups excluding carboxylic acids is 1. The van der Waals surface area contributed by atoms with Gasteiger partial charge in [0.15, 0.2) is 4.32 Å². The van der Waals surface area contributed by atoms with E-state index in [-0.39, 0.29) is 11.5 Å². The normalized spacial score (nSPS) is 15.1. The first-order chi connectivity index (χ1) is 15.5. The van der Waals surface area contributed by atoms with Gasteiger partial charge in [-0.3, -0.25) is 9.69 Å². The van der Waals surface area contributed by atoms with Crippen molar-refractivity contribution in [1.29, 1.82) is 0 Å². The minimum Gasteiger partial charge on any atom is -0.478 e. The van der Waals surface area contributed by atoms with Gasteiger partial charge in [0.2, 0.25) is 0 Å². The molecule has 5 nitrogen and oxygen atoms in total. The summed E-state index contributed by atoms with van der Waals surface area (Å²) < 4.78 is 6.34. The molecule has 3 aromatic carbocycles. The molecular weight excluding hydrogens is 442 g/mol. The summed E-state index contributed by atoms with van der Waals surface area (Å²) in [6.45, 7) is 0. The second-order valence-corrected chi connectivity index (χ2v) is 8.78. The highest BCUT2D eigenvalue weighted by Gasteiger charge is 2.34. The Morgan fingerprint density at radius 3 is 2.50 bits per heavy atom. The fourth-order valence-corrected chi connectivity index (χ4v) is 4.84. The van der Waals surface area contributed by atoms with E-state index in [1.807, 2.05) is 42.5 Å². The number of carboxylic acid groups (broad SMARTS) is 1. The van der Waals surface area contributed by atoms with Crippen molar-refractivity contribution in [2.75, 3.05) is 4.90 Å². The molecule has 0 bridgehead atoms. The van der Waals surface area contributed by atoms with E-state index in [0.29, 0.717) is 20.7 Å². The van der Waals surface area contributed by atoms with Crippen LogP contribution in [-0.4, -0.2) is 21.3 Å². The number of hydrogen-bond acceptors (Lipinski definition) is 5. The zero-order valence-electron chi connectivity index (χ0n) is 16.5. The van der Waals surface area contributed by atoms with E-state index in [0.717, 1.165) is 22.0 Å². The molecule has 1 amide bonds. The summed E-state index contributed by atoms with van der Waals surface area (Å²) in [4.78, 5) is 26.3. The Kier molecular flexibility index (Phi) is 5.13. The molecule has 1 aliphatic rings. The smallest absolute Gasteiger partial charge is 0.335 e. The zero-order valence-corrected chi connectivity index (χ0v) is 18.2. The average molecular weight is 458 g/mol. The highest BCUT2D eigenvalue weighted by Crippen LogP contribution is 2.39. The second-order valence-electron chi connectivity index (χ2n) is 7.10. The molecule has 0 aliphatic carbocycles. The van der Waals surface area contributed by atoms with E-state index in [2.05, 4.69) is 0 Å². The van der Waals surface area contributed by atoms with Crippen molar-refractivity contribution >= 4 is 62.7 Å². The van der Waals surface area contributed by atoms with Crippen molar-refractivity contribution in [1.82, 2.24) is 0 Å². The van der Waals surface area contributed by atoms with Crippen LogP contribution in [-0.2, 0) is 4.79 Å². The molecule has 2 heterocycles. The lowest BCUT2D eigenvalue weighted by atomic mass is 10.1. The van der Waals surface area contributed by atoms with Crippen molar-refractivity contribution in [2.24, 2.45) is 0 Å². The first-order valence-electron chi connectivity index (χ1n) is 9.70. The number of aromatic carboxylic acids is 1. The van der Waals surface area contributed by atoms with E-state index in [9.17, 15) is 9.59 Å². The number of carboxylic acids is 1. The molecule has 1 aromatic heterocycles. The fourth-order valence-electron chi connectivity index (χ4n) is 3.57. The van der Waals surface area contributed by atoms with Gasteiger partial charge in [0.05, 0.1) is 16.2 Å². The highest BCUT2D eigenvalue weighted by atomic mass is 32.2. The van der Waals surface area contributed by atoms with Crippen LogP contribution in [0.5, 0.6) is 0 Å². The van der Waals surface area contributed by atoms with Gasteiger partial charge in [0, 0.05) is 17.0 Å². The molecule has 1 N–H and O–H groups in total. The molecule has 32 heavy (non-hydrogen) atoms. The summed E-state index contributed by atoms with van der Waals surface area (Å²) in [6, 6.07) is 23.6. The summed E-state index contributed by atoms with van der Waals surface area (Å²) in [5.41, 5.74) is 1.71. The minimum atomic E-state index is -0.982. The first kappa shape index (κ1) is 20.2. The molecule has 0 unspecified atom stereocenters. The lowest BCUT2D eigenvalue weighted by Gasteiger charge is -2.17. The number of furan rings is 1. The molecule has 1 saturated heterocycles. The number of nitrogens with zero attached hydrogens (tertiary/aromatic N) is 1. The Balaban J connectivity index is 1.44. The summed E-state index contributed by atoms with van der Waals surface area (Å²) in [7, 11) is 0. The number of benzene rings is 3. The van der Waals surface area contributed by atoms with Crippen LogP contribution in [0.1, 0.15) is 16.1 Å². The molecule has 0 radical (unpaired) electrons. The van der Waals surface area contributed by atoms with Gasteiger partial charge in [0.25, 0.3) is 5.91 Å². The number of thioether (sulfide) groups is 1. The van der Waals surface area contributed by atoms with Crippen molar-refractivity contribution < 1.29 is 19.1 Å². The van der Waals surface area contributed by atoms with Crippen LogP contribution in [0, 0.1) is 0 Å². The van der Waals surface area contributed by atoms with E-state index in [4.69, 9.17) is 21.7 Å². The molecule has 0 spiro atoms. The lowest BCUT2D eigenvalue weighted by Crippen LogP contribution is -2.27. The summed E-state index contributed by atoms with van der Waals surface area (Å²) in [5, 5.41) is 11.0. The molecular formula is C25H15NO4S2. The maximum Gasteiger partial charge on any atom is 0.335 e. The number of thiocarbonyl (C=S) groups is 1. The van der Waals surface area contributed by atoms with Crippen LogP contribution in [0.2, 0.25) is 0 Å². The summed E-state index contributed by atoms with van der Waals surface area (Å²) in [5.74, 6) is -0.0801. The Bertz CT molecular complexity index is 1410. The van der Waals surface area contributed by atoms with Gasteiger partial charge in [-0.1, -0.05) is 72.5 Å². The van der Waals surface area contributed by atoms with E-state index < -0.39 is 5.97 Å². The van der Waals surface area contributed by atoms with Gasteiger partial charge in [-0.15, -0.1) is 0 Å². The Morgan fingerprint density at radius 2 is 1.72 bits per heavy atom. The number of fused-ring (bicyclic) bond motifs is 1. The number of amides is 1. The van der Waals surface area contributed by atoms with Gasteiger partial charge in [-0.25, -0.2) is 4.79 Å². The van der Waals surface area contributed by atoms with Gasteiger partial charge in [-0.2, -0.15) is 0 Å².